The summed E-state index contributed by atoms with van der Waals surface area (Å²) in [4.78, 5) is 33.9. The van der Waals surface area contributed by atoms with Crippen LogP contribution in [-0.4, -0.2) is 34.9 Å². The standard InChI is InChI=1S/C21H21FN4O2/c1-13-6-7-15(11-16(13)22)26-12-14(10-20(26)27)21(28)23-9-8-19-24-17-4-2-3-5-18(17)25-19/h2-7,11,14H,8-10,12H2,1H3,(H,23,28)(H,24,25)/t14-/m1/s1. The first-order chi connectivity index (χ1) is 13.5. The highest BCUT2D eigenvalue weighted by Crippen LogP contribution is 2.26. The lowest BCUT2D eigenvalue weighted by Crippen LogP contribution is -2.34. The third-order valence-corrected chi connectivity index (χ3v) is 5.06. The van der Waals surface area contributed by atoms with Gasteiger partial charge in [0, 0.05) is 31.6 Å². The van der Waals surface area contributed by atoms with Crippen LogP contribution in [-0.2, 0) is 16.0 Å². The molecule has 0 saturated carbocycles. The maximum absolute atomic E-state index is 13.8. The average Bonchev–Trinajstić information content (AvgIpc) is 3.27. The number of hydrogen-bond acceptors (Lipinski definition) is 3. The molecule has 1 aromatic heterocycles. The Morgan fingerprint density at radius 3 is 2.93 bits per heavy atom. The Morgan fingerprint density at radius 2 is 2.14 bits per heavy atom. The van der Waals surface area contributed by atoms with Crippen LogP contribution in [0.4, 0.5) is 10.1 Å². The largest absolute Gasteiger partial charge is 0.355 e. The fraction of sp³-hybridized carbons (Fsp3) is 0.286. The van der Waals surface area contributed by atoms with Gasteiger partial charge in [-0.15, -0.1) is 0 Å². The number of rotatable bonds is 5. The van der Waals surface area contributed by atoms with Crippen LogP contribution in [0.25, 0.3) is 11.0 Å². The van der Waals surface area contributed by atoms with Gasteiger partial charge < -0.3 is 15.2 Å². The average molecular weight is 380 g/mol. The maximum atomic E-state index is 13.8. The SMILES string of the molecule is Cc1ccc(N2C[C@H](C(=O)NCCc3nc4ccccc4[nH]3)CC2=O)cc1F. The Labute approximate surface area is 161 Å². The minimum Gasteiger partial charge on any atom is -0.355 e. The Hall–Kier alpha value is -3.22. The number of nitrogens with one attached hydrogen (secondary N) is 2. The van der Waals surface area contributed by atoms with Crippen molar-refractivity contribution in [2.24, 2.45) is 5.92 Å². The van der Waals surface area contributed by atoms with Crippen molar-refractivity contribution in [3.05, 3.63) is 59.7 Å². The van der Waals surface area contributed by atoms with Crippen LogP contribution in [0.1, 0.15) is 17.8 Å². The number of amides is 2. The van der Waals surface area contributed by atoms with Gasteiger partial charge in [0.2, 0.25) is 11.8 Å². The fourth-order valence-corrected chi connectivity index (χ4v) is 3.45. The van der Waals surface area contributed by atoms with Crippen molar-refractivity contribution in [1.82, 2.24) is 15.3 Å². The summed E-state index contributed by atoms with van der Waals surface area (Å²) in [5.74, 6) is -0.322. The van der Waals surface area contributed by atoms with Crippen molar-refractivity contribution in [2.45, 2.75) is 19.8 Å². The fourth-order valence-electron chi connectivity index (χ4n) is 3.45. The molecule has 144 valence electrons. The monoisotopic (exact) mass is 380 g/mol. The summed E-state index contributed by atoms with van der Waals surface area (Å²) in [6.45, 7) is 2.36. The number of imidazole rings is 1. The molecule has 6 nitrogen and oxygen atoms in total. The molecule has 0 unspecified atom stereocenters. The number of aryl methyl sites for hydroxylation is 1. The Morgan fingerprint density at radius 1 is 1.32 bits per heavy atom. The van der Waals surface area contributed by atoms with Crippen LogP contribution in [0, 0.1) is 18.7 Å². The van der Waals surface area contributed by atoms with Gasteiger partial charge in [-0.3, -0.25) is 9.59 Å². The van der Waals surface area contributed by atoms with E-state index in [9.17, 15) is 14.0 Å². The molecular formula is C21H21FN4O2. The molecule has 3 aromatic rings. The number of carbonyl (C=O) groups is 2. The number of halogens is 1. The van der Waals surface area contributed by atoms with E-state index in [0.717, 1.165) is 16.9 Å². The molecule has 1 aliphatic heterocycles. The van der Waals surface area contributed by atoms with Crippen molar-refractivity contribution >= 4 is 28.5 Å². The molecule has 2 amide bonds. The van der Waals surface area contributed by atoms with Gasteiger partial charge in [-0.2, -0.15) is 0 Å². The normalized spacial score (nSPS) is 16.7. The smallest absolute Gasteiger partial charge is 0.227 e. The molecule has 1 fully saturated rings. The van der Waals surface area contributed by atoms with E-state index < -0.39 is 5.92 Å². The van der Waals surface area contributed by atoms with Crippen LogP contribution in [0.5, 0.6) is 0 Å². The summed E-state index contributed by atoms with van der Waals surface area (Å²) in [7, 11) is 0. The summed E-state index contributed by atoms with van der Waals surface area (Å²) in [5, 5.41) is 2.88. The summed E-state index contributed by atoms with van der Waals surface area (Å²) in [6, 6.07) is 12.4. The number of nitrogens with zero attached hydrogens (tertiary/aromatic N) is 2. The highest BCUT2D eigenvalue weighted by molar-refractivity contribution is 6.00. The summed E-state index contributed by atoms with van der Waals surface area (Å²) >= 11 is 0. The van der Waals surface area contributed by atoms with Crippen molar-refractivity contribution in [3.8, 4) is 0 Å². The zero-order valence-electron chi connectivity index (χ0n) is 15.5. The van der Waals surface area contributed by atoms with E-state index in [2.05, 4.69) is 15.3 Å². The first kappa shape index (κ1) is 18.2. The molecule has 1 atom stereocenters. The second kappa shape index (κ2) is 7.42. The summed E-state index contributed by atoms with van der Waals surface area (Å²) < 4.78 is 13.8. The number of carbonyl (C=O) groups excluding carboxylic acids is 2. The van der Waals surface area contributed by atoms with Gasteiger partial charge in [0.15, 0.2) is 0 Å². The first-order valence-electron chi connectivity index (χ1n) is 9.29. The molecule has 4 rings (SSSR count). The van der Waals surface area contributed by atoms with Crippen molar-refractivity contribution < 1.29 is 14.0 Å². The molecule has 2 N–H and O–H groups in total. The van der Waals surface area contributed by atoms with E-state index in [1.54, 1.807) is 19.1 Å². The molecule has 2 aromatic carbocycles. The predicted molar refractivity (Wildman–Crippen MR) is 104 cm³/mol. The Bertz CT molecular complexity index is 1010. The molecule has 0 radical (unpaired) electrons. The quantitative estimate of drug-likeness (QED) is 0.714. The van der Waals surface area contributed by atoms with Gasteiger partial charge in [-0.05, 0) is 36.8 Å². The number of aromatic amines is 1. The molecule has 2 heterocycles. The van der Waals surface area contributed by atoms with Crippen molar-refractivity contribution in [3.63, 3.8) is 0 Å². The number of benzene rings is 2. The number of anilines is 1. The van der Waals surface area contributed by atoms with Gasteiger partial charge in [0.25, 0.3) is 0 Å². The van der Waals surface area contributed by atoms with E-state index in [-0.39, 0.29) is 30.6 Å². The van der Waals surface area contributed by atoms with Crippen LogP contribution >= 0.6 is 0 Å². The second-order valence-corrected chi connectivity index (χ2v) is 7.08. The molecule has 1 saturated heterocycles. The maximum Gasteiger partial charge on any atom is 0.227 e. The lowest BCUT2D eigenvalue weighted by atomic mass is 10.1. The lowest BCUT2D eigenvalue weighted by Gasteiger charge is -2.17. The van der Waals surface area contributed by atoms with Crippen molar-refractivity contribution in [2.75, 3.05) is 18.0 Å². The number of hydrogen-bond donors (Lipinski definition) is 2. The molecule has 0 spiro atoms. The van der Waals surface area contributed by atoms with E-state index in [1.165, 1.54) is 11.0 Å². The first-order valence-corrected chi connectivity index (χ1v) is 9.29. The van der Waals surface area contributed by atoms with Gasteiger partial charge in [0.1, 0.15) is 11.6 Å². The zero-order valence-corrected chi connectivity index (χ0v) is 15.5. The highest BCUT2D eigenvalue weighted by Gasteiger charge is 2.35. The highest BCUT2D eigenvalue weighted by atomic mass is 19.1. The van der Waals surface area contributed by atoms with Crippen LogP contribution in [0.15, 0.2) is 42.5 Å². The molecule has 28 heavy (non-hydrogen) atoms. The summed E-state index contributed by atoms with van der Waals surface area (Å²) in [6.07, 6.45) is 0.708. The Kier molecular flexibility index (Phi) is 4.81. The minimum absolute atomic E-state index is 0.131. The number of fused-ring (bicyclic) bond motifs is 1. The molecule has 1 aliphatic rings. The number of aromatic nitrogens is 2. The Balaban J connectivity index is 1.33. The third kappa shape index (κ3) is 3.60. The van der Waals surface area contributed by atoms with Crippen LogP contribution in [0.3, 0.4) is 0 Å². The van der Waals surface area contributed by atoms with E-state index in [4.69, 9.17) is 0 Å². The van der Waals surface area contributed by atoms with E-state index in [0.29, 0.717) is 24.2 Å². The minimum atomic E-state index is -0.437. The van der Waals surface area contributed by atoms with Gasteiger partial charge >= 0.3 is 0 Å². The van der Waals surface area contributed by atoms with Gasteiger partial charge in [-0.25, -0.2) is 9.37 Å². The third-order valence-electron chi connectivity index (χ3n) is 5.06. The lowest BCUT2D eigenvalue weighted by molar-refractivity contribution is -0.126. The second-order valence-electron chi connectivity index (χ2n) is 7.08. The molecule has 7 heteroatoms. The molecule has 0 bridgehead atoms. The van der Waals surface area contributed by atoms with Gasteiger partial charge in [0.05, 0.1) is 17.0 Å². The zero-order chi connectivity index (χ0) is 19.7. The van der Waals surface area contributed by atoms with Crippen LogP contribution in [0.2, 0.25) is 0 Å². The van der Waals surface area contributed by atoms with E-state index in [1.807, 2.05) is 24.3 Å². The number of H-pyrrole nitrogens is 1. The summed E-state index contributed by atoms with van der Waals surface area (Å²) in [5.41, 5.74) is 2.87. The van der Waals surface area contributed by atoms with Gasteiger partial charge in [-0.1, -0.05) is 18.2 Å². The van der Waals surface area contributed by atoms with Crippen molar-refractivity contribution in [1.29, 1.82) is 0 Å². The molecular weight excluding hydrogens is 359 g/mol. The topological polar surface area (TPSA) is 78.1 Å². The predicted octanol–water partition coefficient (Wildman–Crippen LogP) is 2.72. The number of para-hydroxylation sites is 2. The van der Waals surface area contributed by atoms with E-state index >= 15 is 0 Å². The van der Waals surface area contributed by atoms with Crippen LogP contribution < -0.4 is 10.2 Å². The molecule has 0 aliphatic carbocycles.